The monoisotopic (exact) mass is 270 g/mol. The molecule has 0 heterocycles. The highest BCUT2D eigenvalue weighted by Gasteiger charge is 2.20. The van der Waals surface area contributed by atoms with Gasteiger partial charge in [-0.25, -0.2) is 4.79 Å². The average Bonchev–Trinajstić information content (AvgIpc) is 2.40. The number of carboxylic acid groups (broad SMARTS) is 1. The molecular formula is C17H18O3. The number of aryl methyl sites for hydroxylation is 2. The standard InChI is InChI=1S/C17H18O3/c1-12-6-8-15(9-7-12)20-16(17(18)19)11-14-5-3-4-13(2)10-14/h3-10,16H,11H2,1-2H3,(H,18,19). The molecule has 0 aliphatic carbocycles. The van der Waals surface area contributed by atoms with Crippen LogP contribution in [0.15, 0.2) is 48.5 Å². The first kappa shape index (κ1) is 14.1. The van der Waals surface area contributed by atoms with Crippen molar-refractivity contribution in [2.24, 2.45) is 0 Å². The second-order valence-electron chi connectivity index (χ2n) is 4.95. The van der Waals surface area contributed by atoms with Gasteiger partial charge in [-0.1, -0.05) is 47.5 Å². The Morgan fingerprint density at radius 1 is 1.10 bits per heavy atom. The summed E-state index contributed by atoms with van der Waals surface area (Å²) in [4.78, 5) is 11.3. The number of aliphatic carboxylic acids is 1. The summed E-state index contributed by atoms with van der Waals surface area (Å²) in [5.41, 5.74) is 3.19. The molecule has 0 bridgehead atoms. The average molecular weight is 270 g/mol. The number of carbonyl (C=O) groups is 1. The quantitative estimate of drug-likeness (QED) is 0.906. The molecule has 1 N–H and O–H groups in total. The first-order valence-electron chi connectivity index (χ1n) is 6.56. The maximum absolute atomic E-state index is 11.3. The Hall–Kier alpha value is -2.29. The zero-order valence-corrected chi connectivity index (χ0v) is 11.7. The zero-order chi connectivity index (χ0) is 14.5. The number of hydrogen-bond acceptors (Lipinski definition) is 2. The van der Waals surface area contributed by atoms with Gasteiger partial charge in [0.05, 0.1) is 0 Å². The van der Waals surface area contributed by atoms with E-state index in [1.54, 1.807) is 12.1 Å². The third-order valence-corrected chi connectivity index (χ3v) is 3.08. The molecule has 104 valence electrons. The number of ether oxygens (including phenoxy) is 1. The van der Waals surface area contributed by atoms with Gasteiger partial charge >= 0.3 is 5.97 Å². The molecular weight excluding hydrogens is 252 g/mol. The van der Waals surface area contributed by atoms with Gasteiger partial charge < -0.3 is 9.84 Å². The largest absolute Gasteiger partial charge is 0.478 e. The van der Waals surface area contributed by atoms with Crippen molar-refractivity contribution in [3.8, 4) is 5.75 Å². The topological polar surface area (TPSA) is 46.5 Å². The predicted octanol–water partition coefficient (Wildman–Crippen LogP) is 3.38. The van der Waals surface area contributed by atoms with E-state index in [9.17, 15) is 9.90 Å². The highest BCUT2D eigenvalue weighted by molar-refractivity contribution is 5.73. The van der Waals surface area contributed by atoms with Crippen LogP contribution in [0, 0.1) is 13.8 Å². The summed E-state index contributed by atoms with van der Waals surface area (Å²) < 4.78 is 5.58. The van der Waals surface area contributed by atoms with Crippen LogP contribution in [0.4, 0.5) is 0 Å². The van der Waals surface area contributed by atoms with E-state index in [1.165, 1.54) is 0 Å². The molecule has 0 spiro atoms. The molecule has 0 aromatic heterocycles. The zero-order valence-electron chi connectivity index (χ0n) is 11.7. The van der Waals surface area contributed by atoms with Gasteiger partial charge in [0, 0.05) is 6.42 Å². The van der Waals surface area contributed by atoms with Crippen LogP contribution in [0.2, 0.25) is 0 Å². The third-order valence-electron chi connectivity index (χ3n) is 3.08. The van der Waals surface area contributed by atoms with Crippen molar-refractivity contribution in [3.63, 3.8) is 0 Å². The minimum atomic E-state index is -0.952. The minimum Gasteiger partial charge on any atom is -0.478 e. The van der Waals surface area contributed by atoms with Crippen LogP contribution in [0.25, 0.3) is 0 Å². The highest BCUT2D eigenvalue weighted by Crippen LogP contribution is 2.16. The Morgan fingerprint density at radius 2 is 1.80 bits per heavy atom. The normalized spacial score (nSPS) is 11.9. The maximum atomic E-state index is 11.3. The second-order valence-corrected chi connectivity index (χ2v) is 4.95. The summed E-state index contributed by atoms with van der Waals surface area (Å²) in [7, 11) is 0. The molecule has 0 fully saturated rings. The van der Waals surface area contributed by atoms with Gasteiger partial charge in [0.2, 0.25) is 0 Å². The maximum Gasteiger partial charge on any atom is 0.345 e. The van der Waals surface area contributed by atoms with E-state index in [0.717, 1.165) is 16.7 Å². The molecule has 3 nitrogen and oxygen atoms in total. The molecule has 0 saturated carbocycles. The van der Waals surface area contributed by atoms with Crippen LogP contribution < -0.4 is 4.74 Å². The molecule has 0 aliphatic heterocycles. The predicted molar refractivity (Wildman–Crippen MR) is 78.1 cm³/mol. The number of hydrogen-bond donors (Lipinski definition) is 1. The van der Waals surface area contributed by atoms with E-state index < -0.39 is 12.1 Å². The van der Waals surface area contributed by atoms with E-state index in [1.807, 2.05) is 50.2 Å². The van der Waals surface area contributed by atoms with Crippen LogP contribution >= 0.6 is 0 Å². The Kier molecular flexibility index (Phi) is 4.41. The summed E-state index contributed by atoms with van der Waals surface area (Å²) in [6, 6.07) is 15.2. The number of carboxylic acids is 1. The molecule has 0 radical (unpaired) electrons. The van der Waals surface area contributed by atoms with Crippen molar-refractivity contribution in [1.29, 1.82) is 0 Å². The van der Waals surface area contributed by atoms with Crippen LogP contribution in [0.3, 0.4) is 0 Å². The van der Waals surface area contributed by atoms with Crippen molar-refractivity contribution in [2.75, 3.05) is 0 Å². The summed E-state index contributed by atoms with van der Waals surface area (Å²) in [5.74, 6) is -0.372. The van der Waals surface area contributed by atoms with Crippen molar-refractivity contribution < 1.29 is 14.6 Å². The molecule has 0 saturated heterocycles. The van der Waals surface area contributed by atoms with Crippen molar-refractivity contribution in [1.82, 2.24) is 0 Å². The van der Waals surface area contributed by atoms with E-state index in [4.69, 9.17) is 4.74 Å². The van der Waals surface area contributed by atoms with E-state index in [-0.39, 0.29) is 0 Å². The van der Waals surface area contributed by atoms with Gasteiger partial charge in [0.1, 0.15) is 5.75 Å². The molecule has 2 aromatic carbocycles. The van der Waals surface area contributed by atoms with Crippen molar-refractivity contribution in [2.45, 2.75) is 26.4 Å². The van der Waals surface area contributed by atoms with Crippen LogP contribution in [0.5, 0.6) is 5.75 Å². The van der Waals surface area contributed by atoms with Crippen LogP contribution in [-0.2, 0) is 11.2 Å². The SMILES string of the molecule is Cc1ccc(OC(Cc2cccc(C)c2)C(=O)O)cc1. The van der Waals surface area contributed by atoms with Crippen molar-refractivity contribution in [3.05, 3.63) is 65.2 Å². The van der Waals surface area contributed by atoms with Gasteiger partial charge in [-0.3, -0.25) is 0 Å². The summed E-state index contributed by atoms with van der Waals surface area (Å²) in [6.07, 6.45) is -0.523. The fourth-order valence-electron chi connectivity index (χ4n) is 2.01. The van der Waals surface area contributed by atoms with E-state index in [0.29, 0.717) is 12.2 Å². The molecule has 2 rings (SSSR count). The van der Waals surface area contributed by atoms with Crippen molar-refractivity contribution >= 4 is 5.97 Å². The van der Waals surface area contributed by atoms with Crippen LogP contribution in [-0.4, -0.2) is 17.2 Å². The fourth-order valence-corrected chi connectivity index (χ4v) is 2.01. The minimum absolute atomic E-state index is 0.352. The lowest BCUT2D eigenvalue weighted by atomic mass is 10.1. The van der Waals surface area contributed by atoms with Gasteiger partial charge in [0.15, 0.2) is 6.10 Å². The second kappa shape index (κ2) is 6.24. The first-order chi connectivity index (χ1) is 9.54. The summed E-state index contributed by atoms with van der Waals surface area (Å²) >= 11 is 0. The van der Waals surface area contributed by atoms with Gasteiger partial charge in [-0.05, 0) is 31.5 Å². The van der Waals surface area contributed by atoms with E-state index >= 15 is 0 Å². The number of rotatable bonds is 5. The molecule has 0 aliphatic rings. The Balaban J connectivity index is 2.11. The smallest absolute Gasteiger partial charge is 0.345 e. The Labute approximate surface area is 118 Å². The van der Waals surface area contributed by atoms with Gasteiger partial charge in [0.25, 0.3) is 0 Å². The molecule has 1 unspecified atom stereocenters. The van der Waals surface area contributed by atoms with Crippen LogP contribution in [0.1, 0.15) is 16.7 Å². The fraction of sp³-hybridized carbons (Fsp3) is 0.235. The lowest BCUT2D eigenvalue weighted by Gasteiger charge is -2.15. The lowest BCUT2D eigenvalue weighted by Crippen LogP contribution is -2.29. The van der Waals surface area contributed by atoms with Gasteiger partial charge in [-0.2, -0.15) is 0 Å². The Morgan fingerprint density at radius 3 is 2.40 bits per heavy atom. The van der Waals surface area contributed by atoms with E-state index in [2.05, 4.69) is 0 Å². The third kappa shape index (κ3) is 3.85. The Bertz CT molecular complexity index is 587. The molecule has 1 atom stereocenters. The van der Waals surface area contributed by atoms with Gasteiger partial charge in [-0.15, -0.1) is 0 Å². The number of benzene rings is 2. The summed E-state index contributed by atoms with van der Waals surface area (Å²) in [5, 5.41) is 9.29. The summed E-state index contributed by atoms with van der Waals surface area (Å²) in [6.45, 7) is 3.96. The molecule has 0 amide bonds. The highest BCUT2D eigenvalue weighted by atomic mass is 16.5. The molecule has 20 heavy (non-hydrogen) atoms. The molecule has 2 aromatic rings. The molecule has 3 heteroatoms. The lowest BCUT2D eigenvalue weighted by molar-refractivity contribution is -0.145. The first-order valence-corrected chi connectivity index (χ1v) is 6.56.